The molecule has 2 rings (SSSR count). The average Bonchev–Trinajstić information content (AvgIpc) is 2.58. The van der Waals surface area contributed by atoms with Gasteiger partial charge in [0.1, 0.15) is 5.84 Å². The van der Waals surface area contributed by atoms with Crippen molar-refractivity contribution in [2.24, 2.45) is 10.1 Å². The van der Waals surface area contributed by atoms with Crippen molar-refractivity contribution in [1.82, 2.24) is 10.7 Å². The summed E-state index contributed by atoms with van der Waals surface area (Å²) in [5, 5.41) is 6.81. The molecule has 0 unspecified atom stereocenters. The molecular formula is C18H20N4. The number of nitrogens with zero attached hydrogens (tertiary/aromatic N) is 2. The zero-order valence-electron chi connectivity index (χ0n) is 12.7. The van der Waals surface area contributed by atoms with Gasteiger partial charge in [0.05, 0.1) is 0 Å². The van der Waals surface area contributed by atoms with Crippen LogP contribution in [0.3, 0.4) is 0 Å². The van der Waals surface area contributed by atoms with E-state index in [9.17, 15) is 0 Å². The number of hydrazone groups is 1. The first-order valence-corrected chi connectivity index (χ1v) is 7.01. The predicted octanol–water partition coefficient (Wildman–Crippen LogP) is 3.17. The Labute approximate surface area is 131 Å². The van der Waals surface area contributed by atoms with Crippen molar-refractivity contribution in [2.75, 3.05) is 7.05 Å². The highest BCUT2D eigenvalue weighted by Gasteiger charge is 2.09. The molecule has 0 amide bonds. The van der Waals surface area contributed by atoms with E-state index in [1.165, 1.54) is 5.56 Å². The Bertz CT molecular complexity index is 672. The van der Waals surface area contributed by atoms with E-state index >= 15 is 0 Å². The van der Waals surface area contributed by atoms with Crippen LogP contribution in [0.1, 0.15) is 11.1 Å². The Balaban J connectivity index is 2.36. The van der Waals surface area contributed by atoms with E-state index in [1.54, 1.807) is 13.2 Å². The molecule has 0 spiro atoms. The Morgan fingerprint density at radius 1 is 1.14 bits per heavy atom. The molecule has 2 aromatic carbocycles. The van der Waals surface area contributed by atoms with E-state index < -0.39 is 0 Å². The Hall–Kier alpha value is -2.88. The fourth-order valence-corrected chi connectivity index (χ4v) is 2.24. The third kappa shape index (κ3) is 3.61. The van der Waals surface area contributed by atoms with Gasteiger partial charge in [-0.3, -0.25) is 10.4 Å². The highest BCUT2D eigenvalue weighted by Crippen LogP contribution is 2.24. The molecule has 0 aliphatic heterocycles. The number of hydrogen-bond acceptors (Lipinski definition) is 3. The lowest BCUT2D eigenvalue weighted by Gasteiger charge is -2.12. The Morgan fingerprint density at radius 3 is 2.50 bits per heavy atom. The van der Waals surface area contributed by atoms with Gasteiger partial charge in [-0.05, 0) is 22.9 Å². The van der Waals surface area contributed by atoms with Crippen LogP contribution in [0.4, 0.5) is 0 Å². The summed E-state index contributed by atoms with van der Waals surface area (Å²) in [6.07, 6.45) is 1.70. The molecule has 4 heteroatoms. The minimum atomic E-state index is 0.697. The maximum Gasteiger partial charge on any atom is 0.149 e. The maximum atomic E-state index is 4.24. The van der Waals surface area contributed by atoms with Gasteiger partial charge >= 0.3 is 0 Å². The summed E-state index contributed by atoms with van der Waals surface area (Å²) in [5.74, 6) is 0.697. The van der Waals surface area contributed by atoms with Crippen molar-refractivity contribution in [3.8, 4) is 11.1 Å². The molecule has 112 valence electrons. The third-order valence-electron chi connectivity index (χ3n) is 3.31. The molecule has 0 aliphatic rings. The SMILES string of the molecule is C=CNCc1ccc(-c2ccccc2C(=NC)NN=C)cc1. The summed E-state index contributed by atoms with van der Waals surface area (Å²) in [6.45, 7) is 7.89. The van der Waals surface area contributed by atoms with Crippen LogP contribution in [0.25, 0.3) is 11.1 Å². The molecule has 0 atom stereocenters. The molecule has 2 aromatic rings. The second-order valence-electron chi connectivity index (χ2n) is 4.67. The number of nitrogens with one attached hydrogen (secondary N) is 2. The summed E-state index contributed by atoms with van der Waals surface area (Å²) in [6, 6.07) is 16.5. The largest absolute Gasteiger partial charge is 0.387 e. The fraction of sp³-hybridized carbons (Fsp3) is 0.111. The first kappa shape index (κ1) is 15.5. The summed E-state index contributed by atoms with van der Waals surface area (Å²) >= 11 is 0. The highest BCUT2D eigenvalue weighted by atomic mass is 15.3. The summed E-state index contributed by atoms with van der Waals surface area (Å²) in [7, 11) is 1.73. The van der Waals surface area contributed by atoms with Gasteiger partial charge in [0.2, 0.25) is 0 Å². The zero-order valence-corrected chi connectivity index (χ0v) is 12.7. The first-order valence-electron chi connectivity index (χ1n) is 7.01. The van der Waals surface area contributed by atoms with Crippen LogP contribution >= 0.6 is 0 Å². The maximum absolute atomic E-state index is 4.24. The van der Waals surface area contributed by atoms with Gasteiger partial charge in [-0.15, -0.1) is 0 Å². The van der Waals surface area contributed by atoms with E-state index in [2.05, 4.69) is 64.5 Å². The van der Waals surface area contributed by atoms with E-state index in [1.807, 2.05) is 18.2 Å². The lowest BCUT2D eigenvalue weighted by atomic mass is 9.98. The third-order valence-corrected chi connectivity index (χ3v) is 3.31. The predicted molar refractivity (Wildman–Crippen MR) is 94.1 cm³/mol. The van der Waals surface area contributed by atoms with Crippen LogP contribution in [-0.2, 0) is 6.54 Å². The molecule has 22 heavy (non-hydrogen) atoms. The minimum absolute atomic E-state index is 0.697. The first-order chi connectivity index (χ1) is 10.8. The topological polar surface area (TPSA) is 48.8 Å². The average molecular weight is 292 g/mol. The van der Waals surface area contributed by atoms with E-state index in [-0.39, 0.29) is 0 Å². The smallest absolute Gasteiger partial charge is 0.149 e. The molecule has 2 N–H and O–H groups in total. The van der Waals surface area contributed by atoms with Crippen molar-refractivity contribution >= 4 is 12.6 Å². The minimum Gasteiger partial charge on any atom is -0.387 e. The van der Waals surface area contributed by atoms with Crippen LogP contribution in [0.15, 0.2) is 71.4 Å². The molecular weight excluding hydrogens is 272 g/mol. The van der Waals surface area contributed by atoms with Gasteiger partial charge in [-0.25, -0.2) is 0 Å². The quantitative estimate of drug-likeness (QED) is 0.488. The lowest BCUT2D eigenvalue weighted by Crippen LogP contribution is -2.19. The molecule has 0 saturated carbocycles. The summed E-state index contributed by atoms with van der Waals surface area (Å²) in [4.78, 5) is 4.24. The van der Waals surface area contributed by atoms with E-state index in [0.717, 1.165) is 23.2 Å². The van der Waals surface area contributed by atoms with Crippen molar-refractivity contribution in [3.63, 3.8) is 0 Å². The number of hydrogen-bond donors (Lipinski definition) is 2. The molecule has 0 radical (unpaired) electrons. The van der Waals surface area contributed by atoms with Crippen LogP contribution in [0.5, 0.6) is 0 Å². The van der Waals surface area contributed by atoms with Crippen LogP contribution < -0.4 is 10.7 Å². The van der Waals surface area contributed by atoms with Crippen molar-refractivity contribution in [3.05, 3.63) is 72.4 Å². The van der Waals surface area contributed by atoms with Gasteiger partial charge in [0.25, 0.3) is 0 Å². The molecule has 0 aromatic heterocycles. The lowest BCUT2D eigenvalue weighted by molar-refractivity contribution is 0.873. The van der Waals surface area contributed by atoms with Crippen LogP contribution in [0.2, 0.25) is 0 Å². The fourth-order valence-electron chi connectivity index (χ4n) is 2.24. The summed E-state index contributed by atoms with van der Waals surface area (Å²) in [5.41, 5.74) is 7.27. The van der Waals surface area contributed by atoms with Gasteiger partial charge in [-0.1, -0.05) is 55.1 Å². The zero-order chi connectivity index (χ0) is 15.8. The van der Waals surface area contributed by atoms with Gasteiger partial charge in [0, 0.05) is 25.9 Å². The number of aliphatic imine (C=N–C) groups is 1. The molecule has 0 heterocycles. The number of benzene rings is 2. The highest BCUT2D eigenvalue weighted by molar-refractivity contribution is 6.04. The normalized spacial score (nSPS) is 10.9. The summed E-state index contributed by atoms with van der Waals surface area (Å²) < 4.78 is 0. The van der Waals surface area contributed by atoms with Gasteiger partial charge in [-0.2, -0.15) is 5.10 Å². The standard InChI is InChI=1S/C18H20N4/c1-4-21-13-14-9-11-15(12-10-14)16-7-5-6-8-17(16)18(19-2)22-20-3/h4-12,21H,1,3,13H2,2H3,(H,19,22). The van der Waals surface area contributed by atoms with Crippen molar-refractivity contribution in [2.45, 2.75) is 6.54 Å². The van der Waals surface area contributed by atoms with Crippen molar-refractivity contribution < 1.29 is 0 Å². The second kappa shape index (κ2) is 7.78. The molecule has 0 saturated heterocycles. The van der Waals surface area contributed by atoms with Gasteiger partial charge < -0.3 is 5.32 Å². The monoisotopic (exact) mass is 292 g/mol. The van der Waals surface area contributed by atoms with Gasteiger partial charge in [0.15, 0.2) is 0 Å². The molecule has 4 nitrogen and oxygen atoms in total. The van der Waals surface area contributed by atoms with Crippen LogP contribution in [-0.4, -0.2) is 19.6 Å². The molecule has 0 bridgehead atoms. The van der Waals surface area contributed by atoms with Crippen molar-refractivity contribution in [1.29, 1.82) is 0 Å². The number of rotatable bonds is 6. The Morgan fingerprint density at radius 2 is 1.86 bits per heavy atom. The second-order valence-corrected chi connectivity index (χ2v) is 4.67. The Kier molecular flexibility index (Phi) is 5.49. The van der Waals surface area contributed by atoms with E-state index in [4.69, 9.17) is 0 Å². The van der Waals surface area contributed by atoms with Crippen LogP contribution in [0, 0.1) is 0 Å². The number of amidine groups is 1. The van der Waals surface area contributed by atoms with E-state index in [0.29, 0.717) is 5.84 Å². The molecule has 0 fully saturated rings. The molecule has 0 aliphatic carbocycles.